The van der Waals surface area contributed by atoms with Crippen LogP contribution in [-0.4, -0.2) is 75.4 Å². The van der Waals surface area contributed by atoms with Crippen LogP contribution in [0.3, 0.4) is 0 Å². The fourth-order valence-electron chi connectivity index (χ4n) is 4.52. The highest BCUT2D eigenvalue weighted by Gasteiger charge is 2.30. The lowest BCUT2D eigenvalue weighted by atomic mass is 10.0. The number of nitrogens with zero attached hydrogens (tertiary/aromatic N) is 3. The molecule has 2 fully saturated rings. The number of carbonyl (C=O) groups is 1. The topological polar surface area (TPSA) is 57.3 Å². The standard InChI is InChI=1S/C24H32N4O3/c1-30-21-10-11-22(23(17-21)31-2)25-24(29)28-12-6-9-20(18-28)27-15-13-26(14-16-27)19-7-4-3-5-8-19/h3-5,7-8,10-11,17,20H,6,9,12-16,18H2,1-2H3,(H,25,29)/t20-/m0/s1. The van der Waals surface area contributed by atoms with Gasteiger partial charge in [-0.2, -0.15) is 0 Å². The molecule has 0 spiro atoms. The number of piperazine rings is 1. The van der Waals surface area contributed by atoms with Gasteiger partial charge in [-0.25, -0.2) is 4.79 Å². The van der Waals surface area contributed by atoms with Crippen LogP contribution in [0.25, 0.3) is 0 Å². The molecule has 0 unspecified atom stereocenters. The van der Waals surface area contributed by atoms with Gasteiger partial charge in [-0.05, 0) is 37.1 Å². The summed E-state index contributed by atoms with van der Waals surface area (Å²) < 4.78 is 10.7. The third-order valence-electron chi connectivity index (χ3n) is 6.29. The molecule has 2 aliphatic heterocycles. The molecule has 4 rings (SSSR count). The van der Waals surface area contributed by atoms with E-state index in [0.717, 1.165) is 52.1 Å². The number of amides is 2. The summed E-state index contributed by atoms with van der Waals surface area (Å²) in [6.45, 7) is 5.65. The van der Waals surface area contributed by atoms with Crippen molar-refractivity contribution >= 4 is 17.4 Å². The molecule has 0 saturated carbocycles. The van der Waals surface area contributed by atoms with Crippen LogP contribution in [-0.2, 0) is 0 Å². The van der Waals surface area contributed by atoms with Crippen LogP contribution in [0.1, 0.15) is 12.8 Å². The second-order valence-corrected chi connectivity index (χ2v) is 8.10. The zero-order valence-corrected chi connectivity index (χ0v) is 18.4. The Balaban J connectivity index is 1.33. The van der Waals surface area contributed by atoms with Crippen LogP contribution in [0.4, 0.5) is 16.2 Å². The third kappa shape index (κ3) is 5.05. The number of ether oxygens (including phenoxy) is 2. The number of nitrogens with one attached hydrogen (secondary N) is 1. The van der Waals surface area contributed by atoms with E-state index in [2.05, 4.69) is 45.4 Å². The van der Waals surface area contributed by atoms with Crippen LogP contribution < -0.4 is 19.7 Å². The lowest BCUT2D eigenvalue weighted by molar-refractivity contribution is 0.108. The minimum atomic E-state index is -0.0731. The van der Waals surface area contributed by atoms with E-state index >= 15 is 0 Å². The summed E-state index contributed by atoms with van der Waals surface area (Å²) in [5.41, 5.74) is 1.95. The summed E-state index contributed by atoms with van der Waals surface area (Å²) in [5, 5.41) is 3.01. The summed E-state index contributed by atoms with van der Waals surface area (Å²) in [5.74, 6) is 1.29. The molecule has 2 amide bonds. The molecule has 7 nitrogen and oxygen atoms in total. The lowest BCUT2D eigenvalue weighted by Gasteiger charge is -2.43. The van der Waals surface area contributed by atoms with E-state index in [1.165, 1.54) is 5.69 Å². The molecule has 2 aromatic carbocycles. The number of urea groups is 1. The maximum absolute atomic E-state index is 13.0. The lowest BCUT2D eigenvalue weighted by Crippen LogP contribution is -2.56. The zero-order chi connectivity index (χ0) is 21.6. The molecule has 31 heavy (non-hydrogen) atoms. The van der Waals surface area contributed by atoms with E-state index in [9.17, 15) is 4.79 Å². The number of hydrogen-bond acceptors (Lipinski definition) is 5. The van der Waals surface area contributed by atoms with Crippen molar-refractivity contribution in [3.8, 4) is 11.5 Å². The van der Waals surface area contributed by atoms with Crippen LogP contribution in [0.5, 0.6) is 11.5 Å². The number of carbonyl (C=O) groups excluding carboxylic acids is 1. The molecule has 0 bridgehead atoms. The number of anilines is 2. The molecule has 2 aromatic rings. The van der Waals surface area contributed by atoms with Crippen molar-refractivity contribution in [2.45, 2.75) is 18.9 Å². The molecule has 1 N–H and O–H groups in total. The van der Waals surface area contributed by atoms with Crippen molar-refractivity contribution in [2.24, 2.45) is 0 Å². The molecule has 0 radical (unpaired) electrons. The molecule has 1 atom stereocenters. The summed E-state index contributed by atoms with van der Waals surface area (Å²) in [7, 11) is 3.21. The fourth-order valence-corrected chi connectivity index (χ4v) is 4.52. The second kappa shape index (κ2) is 9.92. The van der Waals surface area contributed by atoms with Gasteiger partial charge in [0.15, 0.2) is 0 Å². The molecule has 2 heterocycles. The van der Waals surface area contributed by atoms with Crippen LogP contribution in [0.2, 0.25) is 0 Å². The maximum atomic E-state index is 13.0. The van der Waals surface area contributed by atoms with E-state index < -0.39 is 0 Å². The normalized spacial score (nSPS) is 19.7. The summed E-state index contributed by atoms with van der Waals surface area (Å²) in [4.78, 5) is 19.9. The van der Waals surface area contributed by atoms with E-state index in [4.69, 9.17) is 9.47 Å². The van der Waals surface area contributed by atoms with Crippen molar-refractivity contribution in [1.29, 1.82) is 0 Å². The first-order valence-electron chi connectivity index (χ1n) is 11.0. The van der Waals surface area contributed by atoms with Crippen LogP contribution in [0, 0.1) is 0 Å². The Bertz CT molecular complexity index is 868. The summed E-state index contributed by atoms with van der Waals surface area (Å²) in [6.07, 6.45) is 2.16. The van der Waals surface area contributed by atoms with Gasteiger partial charge < -0.3 is 24.6 Å². The minimum Gasteiger partial charge on any atom is -0.497 e. The Hall–Kier alpha value is -2.93. The molecule has 2 aliphatic rings. The Morgan fingerprint density at radius 2 is 1.74 bits per heavy atom. The zero-order valence-electron chi connectivity index (χ0n) is 18.4. The van der Waals surface area contributed by atoms with Gasteiger partial charge in [-0.15, -0.1) is 0 Å². The average molecular weight is 425 g/mol. The Kier molecular flexibility index (Phi) is 6.82. The number of hydrogen-bond donors (Lipinski definition) is 1. The predicted octanol–water partition coefficient (Wildman–Crippen LogP) is 3.52. The number of benzene rings is 2. The van der Waals surface area contributed by atoms with Gasteiger partial charge in [0.2, 0.25) is 0 Å². The second-order valence-electron chi connectivity index (χ2n) is 8.10. The Labute approximate surface area is 184 Å². The highest BCUT2D eigenvalue weighted by molar-refractivity contribution is 5.91. The van der Waals surface area contributed by atoms with Crippen molar-refractivity contribution < 1.29 is 14.3 Å². The molecule has 0 aromatic heterocycles. The quantitative estimate of drug-likeness (QED) is 0.796. The third-order valence-corrected chi connectivity index (χ3v) is 6.29. The Morgan fingerprint density at radius 3 is 2.45 bits per heavy atom. The smallest absolute Gasteiger partial charge is 0.322 e. The van der Waals surface area contributed by atoms with Crippen LogP contribution >= 0.6 is 0 Å². The number of piperidine rings is 1. The number of rotatable bonds is 5. The van der Waals surface area contributed by atoms with Gasteiger partial charge in [-0.1, -0.05) is 18.2 Å². The summed E-state index contributed by atoms with van der Waals surface area (Å²) in [6, 6.07) is 16.4. The van der Waals surface area contributed by atoms with Crippen molar-refractivity contribution in [3.05, 3.63) is 48.5 Å². The first-order valence-corrected chi connectivity index (χ1v) is 11.0. The average Bonchev–Trinajstić information content (AvgIpc) is 2.85. The van der Waals surface area contributed by atoms with E-state index in [1.807, 2.05) is 17.0 Å². The first kappa shape index (κ1) is 21.3. The van der Waals surface area contributed by atoms with Crippen LogP contribution in [0.15, 0.2) is 48.5 Å². The molecule has 0 aliphatic carbocycles. The SMILES string of the molecule is COc1ccc(NC(=O)N2CCC[C@H](N3CCN(c4ccccc4)CC3)C2)c(OC)c1. The molecule has 2 saturated heterocycles. The number of likely N-dealkylation sites (tertiary alicyclic amines) is 1. The van der Waals surface area contributed by atoms with Crippen molar-refractivity contribution in [1.82, 2.24) is 9.80 Å². The van der Waals surface area contributed by atoms with Gasteiger partial charge >= 0.3 is 6.03 Å². The molecular formula is C24H32N4O3. The minimum absolute atomic E-state index is 0.0731. The molecular weight excluding hydrogens is 392 g/mol. The largest absolute Gasteiger partial charge is 0.497 e. The highest BCUT2D eigenvalue weighted by Crippen LogP contribution is 2.29. The number of methoxy groups -OCH3 is 2. The van der Waals surface area contributed by atoms with Crippen molar-refractivity contribution in [3.63, 3.8) is 0 Å². The fraction of sp³-hybridized carbons (Fsp3) is 0.458. The van der Waals surface area contributed by atoms with Gasteiger partial charge in [-0.3, -0.25) is 4.90 Å². The Morgan fingerprint density at radius 1 is 0.968 bits per heavy atom. The van der Waals surface area contributed by atoms with E-state index in [1.54, 1.807) is 20.3 Å². The van der Waals surface area contributed by atoms with Gasteiger partial charge in [0.25, 0.3) is 0 Å². The van der Waals surface area contributed by atoms with E-state index in [0.29, 0.717) is 23.2 Å². The van der Waals surface area contributed by atoms with Crippen molar-refractivity contribution in [2.75, 3.05) is 63.7 Å². The predicted molar refractivity (Wildman–Crippen MR) is 123 cm³/mol. The first-order chi connectivity index (χ1) is 15.2. The molecule has 7 heteroatoms. The van der Waals surface area contributed by atoms with Gasteiger partial charge in [0.1, 0.15) is 11.5 Å². The highest BCUT2D eigenvalue weighted by atomic mass is 16.5. The van der Waals surface area contributed by atoms with Gasteiger partial charge in [0.05, 0.1) is 19.9 Å². The number of para-hydroxylation sites is 1. The van der Waals surface area contributed by atoms with E-state index in [-0.39, 0.29) is 6.03 Å². The molecule has 166 valence electrons. The maximum Gasteiger partial charge on any atom is 0.322 e. The monoisotopic (exact) mass is 424 g/mol. The van der Waals surface area contributed by atoms with Gasteiger partial charge in [0, 0.05) is 57.1 Å². The summed E-state index contributed by atoms with van der Waals surface area (Å²) >= 11 is 0.